The Labute approximate surface area is 138 Å². The highest BCUT2D eigenvalue weighted by Crippen LogP contribution is 2.09. The van der Waals surface area contributed by atoms with Gasteiger partial charge in [-0.25, -0.2) is 9.97 Å². The van der Waals surface area contributed by atoms with Crippen LogP contribution in [-0.2, 0) is 0 Å². The summed E-state index contributed by atoms with van der Waals surface area (Å²) < 4.78 is 0. The average Bonchev–Trinajstić information content (AvgIpc) is 2.65. The minimum absolute atomic E-state index is 0.168. The van der Waals surface area contributed by atoms with Gasteiger partial charge in [0, 0.05) is 11.1 Å². The summed E-state index contributed by atoms with van der Waals surface area (Å²) in [6.07, 6.45) is 2.88. The van der Waals surface area contributed by atoms with Gasteiger partial charge in [-0.3, -0.25) is 14.9 Å². The van der Waals surface area contributed by atoms with E-state index in [-0.39, 0.29) is 17.8 Å². The first-order valence-electron chi connectivity index (χ1n) is 7.27. The summed E-state index contributed by atoms with van der Waals surface area (Å²) in [5.41, 5.74) is 1.50. The van der Waals surface area contributed by atoms with E-state index in [4.69, 9.17) is 0 Å². The van der Waals surface area contributed by atoms with Crippen LogP contribution < -0.4 is 10.6 Å². The van der Waals surface area contributed by atoms with E-state index in [0.717, 1.165) is 0 Å². The summed E-state index contributed by atoms with van der Waals surface area (Å²) >= 11 is 0. The van der Waals surface area contributed by atoms with Crippen LogP contribution in [0.2, 0.25) is 0 Å². The maximum atomic E-state index is 12.0. The van der Waals surface area contributed by atoms with Crippen LogP contribution >= 0.6 is 0 Å². The van der Waals surface area contributed by atoms with Crippen LogP contribution in [0.15, 0.2) is 73.1 Å². The zero-order valence-corrected chi connectivity index (χ0v) is 12.6. The van der Waals surface area contributed by atoms with Crippen molar-refractivity contribution in [1.82, 2.24) is 9.97 Å². The van der Waals surface area contributed by atoms with Gasteiger partial charge < -0.3 is 5.32 Å². The fraction of sp³-hybridized carbons (Fsp3) is 0. The Morgan fingerprint density at radius 2 is 1.12 bits per heavy atom. The van der Waals surface area contributed by atoms with Crippen molar-refractivity contribution in [3.63, 3.8) is 0 Å². The number of carbonyl (C=O) groups excluding carboxylic acids is 2. The molecule has 0 radical (unpaired) electrons. The van der Waals surface area contributed by atoms with Crippen molar-refractivity contribution in [2.24, 2.45) is 0 Å². The SMILES string of the molecule is O=C(Nc1cnc(NC(=O)c2ccccc2)nc1)c1ccccc1. The molecule has 0 bridgehead atoms. The standard InChI is InChI=1S/C18H14N4O2/c23-16(13-7-3-1-4-8-13)21-15-11-19-18(20-12-15)22-17(24)14-9-5-2-6-10-14/h1-12H,(H,21,23)(H,19,20,22,24). The molecule has 6 heteroatoms. The molecule has 0 saturated carbocycles. The number of amides is 2. The Kier molecular flexibility index (Phi) is 4.57. The minimum Gasteiger partial charge on any atom is -0.319 e. The topological polar surface area (TPSA) is 84.0 Å². The molecule has 24 heavy (non-hydrogen) atoms. The van der Waals surface area contributed by atoms with Gasteiger partial charge >= 0.3 is 0 Å². The number of aromatic nitrogens is 2. The first-order chi connectivity index (χ1) is 11.7. The molecule has 0 aliphatic rings. The second kappa shape index (κ2) is 7.15. The van der Waals surface area contributed by atoms with E-state index >= 15 is 0 Å². The molecule has 6 nitrogen and oxygen atoms in total. The fourth-order valence-electron chi connectivity index (χ4n) is 2.01. The second-order valence-electron chi connectivity index (χ2n) is 4.94. The fourth-order valence-corrected chi connectivity index (χ4v) is 2.01. The van der Waals surface area contributed by atoms with Crippen LogP contribution in [-0.4, -0.2) is 21.8 Å². The number of nitrogens with zero attached hydrogens (tertiary/aromatic N) is 2. The molecule has 0 atom stereocenters. The first-order valence-corrected chi connectivity index (χ1v) is 7.27. The first kappa shape index (κ1) is 15.4. The van der Waals surface area contributed by atoms with Crippen LogP contribution in [0.4, 0.5) is 11.6 Å². The molecule has 1 aromatic heterocycles. The molecule has 0 spiro atoms. The van der Waals surface area contributed by atoms with Gasteiger partial charge in [0.25, 0.3) is 11.8 Å². The molecule has 1 heterocycles. The van der Waals surface area contributed by atoms with Crippen molar-refractivity contribution in [2.75, 3.05) is 10.6 Å². The molecule has 0 unspecified atom stereocenters. The van der Waals surface area contributed by atoms with E-state index in [1.54, 1.807) is 48.5 Å². The van der Waals surface area contributed by atoms with Crippen molar-refractivity contribution in [3.05, 3.63) is 84.2 Å². The molecule has 0 aliphatic carbocycles. The van der Waals surface area contributed by atoms with Gasteiger partial charge in [-0.15, -0.1) is 0 Å². The van der Waals surface area contributed by atoms with Crippen LogP contribution in [0.1, 0.15) is 20.7 Å². The molecule has 0 saturated heterocycles. The number of hydrogen-bond acceptors (Lipinski definition) is 4. The lowest BCUT2D eigenvalue weighted by Gasteiger charge is -2.06. The van der Waals surface area contributed by atoms with Crippen molar-refractivity contribution >= 4 is 23.5 Å². The lowest BCUT2D eigenvalue weighted by atomic mass is 10.2. The lowest BCUT2D eigenvalue weighted by molar-refractivity contribution is 0.101. The molecule has 0 fully saturated rings. The summed E-state index contributed by atoms with van der Waals surface area (Å²) in [5, 5.41) is 5.29. The number of nitrogens with one attached hydrogen (secondary N) is 2. The highest BCUT2D eigenvalue weighted by Gasteiger charge is 2.08. The number of anilines is 2. The molecule has 2 amide bonds. The quantitative estimate of drug-likeness (QED) is 0.774. The van der Waals surface area contributed by atoms with Crippen LogP contribution in [0.5, 0.6) is 0 Å². The highest BCUT2D eigenvalue weighted by atomic mass is 16.2. The van der Waals surface area contributed by atoms with Crippen molar-refractivity contribution in [3.8, 4) is 0 Å². The summed E-state index contributed by atoms with van der Waals surface area (Å²) in [6, 6.07) is 17.6. The molecular formula is C18H14N4O2. The third kappa shape index (κ3) is 3.80. The van der Waals surface area contributed by atoms with E-state index in [0.29, 0.717) is 16.8 Å². The molecule has 3 rings (SSSR count). The Bertz CT molecular complexity index is 761. The zero-order chi connectivity index (χ0) is 16.8. The van der Waals surface area contributed by atoms with E-state index < -0.39 is 0 Å². The Balaban J connectivity index is 1.63. The largest absolute Gasteiger partial charge is 0.319 e. The van der Waals surface area contributed by atoms with E-state index in [9.17, 15) is 9.59 Å². The molecule has 3 aromatic rings. The van der Waals surface area contributed by atoms with Crippen molar-refractivity contribution in [1.29, 1.82) is 0 Å². The summed E-state index contributed by atoms with van der Waals surface area (Å²) in [6.45, 7) is 0. The number of benzene rings is 2. The van der Waals surface area contributed by atoms with Gasteiger partial charge in [0.15, 0.2) is 0 Å². The van der Waals surface area contributed by atoms with Crippen LogP contribution in [0, 0.1) is 0 Å². The van der Waals surface area contributed by atoms with Gasteiger partial charge in [-0.2, -0.15) is 0 Å². The van der Waals surface area contributed by atoms with Crippen LogP contribution in [0.3, 0.4) is 0 Å². The predicted molar refractivity (Wildman–Crippen MR) is 90.8 cm³/mol. The number of carbonyl (C=O) groups is 2. The predicted octanol–water partition coefficient (Wildman–Crippen LogP) is 2.98. The average molecular weight is 318 g/mol. The molecule has 118 valence electrons. The van der Waals surface area contributed by atoms with Gasteiger partial charge in [-0.1, -0.05) is 36.4 Å². The number of hydrogen-bond donors (Lipinski definition) is 2. The third-order valence-electron chi connectivity index (χ3n) is 3.21. The second-order valence-corrected chi connectivity index (χ2v) is 4.94. The smallest absolute Gasteiger partial charge is 0.258 e. The maximum Gasteiger partial charge on any atom is 0.258 e. The summed E-state index contributed by atoms with van der Waals surface area (Å²) in [5.74, 6) is -0.376. The monoisotopic (exact) mass is 318 g/mol. The zero-order valence-electron chi connectivity index (χ0n) is 12.6. The minimum atomic E-state index is -0.295. The Morgan fingerprint density at radius 1 is 0.667 bits per heavy atom. The molecule has 2 N–H and O–H groups in total. The van der Waals surface area contributed by atoms with Gasteiger partial charge in [0.1, 0.15) is 0 Å². The van der Waals surface area contributed by atoms with E-state index in [2.05, 4.69) is 20.6 Å². The summed E-state index contributed by atoms with van der Waals surface area (Å²) in [4.78, 5) is 32.1. The Hall–Kier alpha value is -3.54. The van der Waals surface area contributed by atoms with Crippen molar-refractivity contribution < 1.29 is 9.59 Å². The summed E-state index contributed by atoms with van der Waals surface area (Å²) in [7, 11) is 0. The molecule has 0 aliphatic heterocycles. The van der Waals surface area contributed by atoms with E-state index in [1.807, 2.05) is 12.1 Å². The normalized spacial score (nSPS) is 10.0. The number of rotatable bonds is 4. The maximum absolute atomic E-state index is 12.0. The Morgan fingerprint density at radius 3 is 1.62 bits per heavy atom. The van der Waals surface area contributed by atoms with Crippen molar-refractivity contribution in [2.45, 2.75) is 0 Å². The van der Waals surface area contributed by atoms with Gasteiger partial charge in [-0.05, 0) is 24.3 Å². The van der Waals surface area contributed by atoms with E-state index in [1.165, 1.54) is 12.4 Å². The lowest BCUT2D eigenvalue weighted by Crippen LogP contribution is -2.15. The van der Waals surface area contributed by atoms with Crippen LogP contribution in [0.25, 0.3) is 0 Å². The van der Waals surface area contributed by atoms with Gasteiger partial charge in [0.05, 0.1) is 18.1 Å². The highest BCUT2D eigenvalue weighted by molar-refractivity contribution is 6.04. The van der Waals surface area contributed by atoms with Gasteiger partial charge in [0.2, 0.25) is 5.95 Å². The molecular weight excluding hydrogens is 304 g/mol. The molecule has 2 aromatic carbocycles. The third-order valence-corrected chi connectivity index (χ3v) is 3.21.